The van der Waals surface area contributed by atoms with Gasteiger partial charge in [-0.1, -0.05) is 24.3 Å². The third-order valence-corrected chi connectivity index (χ3v) is 8.20. The molecule has 10 nitrogen and oxygen atoms in total. The lowest BCUT2D eigenvalue weighted by molar-refractivity contribution is -0.0209. The highest BCUT2D eigenvalue weighted by atomic mass is 32.2. The molecule has 0 bridgehead atoms. The van der Waals surface area contributed by atoms with E-state index in [0.29, 0.717) is 5.56 Å². The lowest BCUT2D eigenvalue weighted by atomic mass is 9.93. The number of benzene rings is 2. The Morgan fingerprint density at radius 2 is 1.95 bits per heavy atom. The number of nitrogens with zero attached hydrogens (tertiary/aromatic N) is 3. The number of carbonyl (C=O) groups excluding carboxylic acids is 2. The average molecular weight is 572 g/mol. The van der Waals surface area contributed by atoms with E-state index < -0.39 is 48.1 Å². The van der Waals surface area contributed by atoms with Gasteiger partial charge in [0.1, 0.15) is 6.17 Å². The van der Waals surface area contributed by atoms with Crippen molar-refractivity contribution < 1.29 is 37.3 Å². The highest BCUT2D eigenvalue weighted by Crippen LogP contribution is 2.45. The molecule has 1 aromatic heterocycles. The number of morpholine rings is 1. The summed E-state index contributed by atoms with van der Waals surface area (Å²) >= 11 is 1.39. The van der Waals surface area contributed by atoms with Crippen molar-refractivity contribution in [1.82, 2.24) is 9.58 Å². The first kappa shape index (κ1) is 26.1. The summed E-state index contributed by atoms with van der Waals surface area (Å²) in [6, 6.07) is 10.7. The van der Waals surface area contributed by atoms with Gasteiger partial charge in [0.2, 0.25) is 18.0 Å². The molecule has 2 aromatic carbocycles. The van der Waals surface area contributed by atoms with Gasteiger partial charge in [-0.3, -0.25) is 19.3 Å². The number of aromatic nitrogens is 1. The molecular formula is C27H23F2N3O7S. The summed E-state index contributed by atoms with van der Waals surface area (Å²) in [5.41, 5.74) is 0.815. The maximum atomic E-state index is 15.3. The van der Waals surface area contributed by atoms with E-state index in [2.05, 4.69) is 4.74 Å². The van der Waals surface area contributed by atoms with E-state index in [1.807, 2.05) is 29.3 Å². The Hall–Kier alpha value is -4.10. The van der Waals surface area contributed by atoms with Crippen LogP contribution < -0.4 is 15.2 Å². The minimum absolute atomic E-state index is 0.0994. The SMILES string of the molecule is COC(=O)OCOc1c2n(ccc1=O)N([C@H]1c3ccccc3SCc3c1ccc(F)c3F)[C@@H]1COCCN1C2=O. The van der Waals surface area contributed by atoms with Gasteiger partial charge < -0.3 is 23.8 Å². The number of ether oxygens (including phenoxy) is 4. The molecule has 3 aromatic rings. The van der Waals surface area contributed by atoms with Crippen molar-refractivity contribution in [2.75, 3.05) is 38.7 Å². The molecule has 40 heavy (non-hydrogen) atoms. The number of carbonyl (C=O) groups is 2. The fourth-order valence-electron chi connectivity index (χ4n) is 5.31. The number of hydrogen-bond donors (Lipinski definition) is 0. The number of fused-ring (bicyclic) bond motifs is 4. The number of rotatable bonds is 4. The van der Waals surface area contributed by atoms with E-state index in [1.54, 1.807) is 11.0 Å². The molecular weight excluding hydrogens is 548 g/mol. The summed E-state index contributed by atoms with van der Waals surface area (Å²) in [7, 11) is 1.12. The molecule has 4 heterocycles. The molecule has 208 valence electrons. The molecule has 0 radical (unpaired) electrons. The molecule has 2 atom stereocenters. The Labute approximate surface area is 230 Å². The van der Waals surface area contributed by atoms with Crippen molar-refractivity contribution >= 4 is 23.8 Å². The third-order valence-electron chi connectivity index (χ3n) is 7.08. The summed E-state index contributed by atoms with van der Waals surface area (Å²) in [6.07, 6.45) is -0.238. The van der Waals surface area contributed by atoms with E-state index in [1.165, 1.54) is 28.7 Å². The molecule has 0 saturated carbocycles. The number of methoxy groups -OCH3 is 1. The van der Waals surface area contributed by atoms with Crippen LogP contribution in [-0.2, 0) is 20.0 Å². The maximum Gasteiger partial charge on any atom is 0.510 e. The van der Waals surface area contributed by atoms with Gasteiger partial charge in [0.25, 0.3) is 5.91 Å². The predicted molar refractivity (Wildman–Crippen MR) is 138 cm³/mol. The van der Waals surface area contributed by atoms with Crippen LogP contribution in [0.15, 0.2) is 58.4 Å². The number of halogens is 2. The summed E-state index contributed by atoms with van der Waals surface area (Å²) in [5.74, 6) is -2.51. The van der Waals surface area contributed by atoms with Gasteiger partial charge in [0.05, 0.1) is 26.4 Å². The summed E-state index contributed by atoms with van der Waals surface area (Å²) in [4.78, 5) is 40.6. The Kier molecular flexibility index (Phi) is 6.84. The lowest BCUT2D eigenvalue weighted by Gasteiger charge is -2.51. The second-order valence-electron chi connectivity index (χ2n) is 9.16. The molecule has 6 rings (SSSR count). The molecule has 3 aliphatic heterocycles. The third kappa shape index (κ3) is 4.25. The highest BCUT2D eigenvalue weighted by Gasteiger charge is 2.46. The van der Waals surface area contributed by atoms with Crippen LogP contribution in [0.4, 0.5) is 13.6 Å². The average Bonchev–Trinajstić information content (AvgIpc) is 3.13. The molecule has 0 aliphatic carbocycles. The summed E-state index contributed by atoms with van der Waals surface area (Å²) < 4.78 is 51.7. The van der Waals surface area contributed by atoms with E-state index in [9.17, 15) is 18.8 Å². The number of thioether (sulfide) groups is 1. The van der Waals surface area contributed by atoms with Crippen molar-refractivity contribution in [2.45, 2.75) is 22.9 Å². The van der Waals surface area contributed by atoms with Crippen LogP contribution in [0.3, 0.4) is 0 Å². The first-order valence-corrected chi connectivity index (χ1v) is 13.3. The second kappa shape index (κ2) is 10.5. The Morgan fingerprint density at radius 1 is 1.12 bits per heavy atom. The molecule has 13 heteroatoms. The summed E-state index contributed by atoms with van der Waals surface area (Å²) in [6.45, 7) is -0.0595. The highest BCUT2D eigenvalue weighted by molar-refractivity contribution is 7.98. The molecule has 1 saturated heterocycles. The van der Waals surface area contributed by atoms with E-state index >= 15 is 4.39 Å². The first-order chi connectivity index (χ1) is 19.4. The van der Waals surface area contributed by atoms with Gasteiger partial charge in [0, 0.05) is 35.0 Å². The van der Waals surface area contributed by atoms with Crippen molar-refractivity contribution in [3.63, 3.8) is 0 Å². The zero-order chi connectivity index (χ0) is 28.0. The number of amides is 1. The minimum atomic E-state index is -1.02. The van der Waals surface area contributed by atoms with Crippen molar-refractivity contribution in [2.24, 2.45) is 0 Å². The Bertz CT molecular complexity index is 1570. The standard InChI is InChI=1S/C27H23F2N3O7S/c1-36-27(35)39-14-38-25-19(33)8-9-31-24(25)26(34)30-10-11-37-12-21(30)32(31)23-15-6-7-18(28)22(29)17(15)13-40-20-5-3-2-4-16(20)23/h2-9,21,23H,10-14H2,1H3/t21-,23-/m1/s1. The van der Waals surface area contributed by atoms with Crippen LogP contribution in [0.25, 0.3) is 0 Å². The van der Waals surface area contributed by atoms with E-state index in [-0.39, 0.29) is 42.5 Å². The normalized spacial score (nSPS) is 19.5. The van der Waals surface area contributed by atoms with Gasteiger partial charge in [-0.2, -0.15) is 0 Å². The largest absolute Gasteiger partial charge is 0.510 e. The van der Waals surface area contributed by atoms with Gasteiger partial charge in [0.15, 0.2) is 17.3 Å². The van der Waals surface area contributed by atoms with Crippen LogP contribution in [0.5, 0.6) is 5.75 Å². The molecule has 0 spiro atoms. The molecule has 0 N–H and O–H groups in total. The fourth-order valence-corrected chi connectivity index (χ4v) is 6.42. The van der Waals surface area contributed by atoms with Gasteiger partial charge >= 0.3 is 6.16 Å². The van der Waals surface area contributed by atoms with Gasteiger partial charge in [-0.05, 0) is 23.3 Å². The smallest absolute Gasteiger partial charge is 0.451 e. The number of pyridine rings is 1. The molecule has 1 amide bonds. The van der Waals surface area contributed by atoms with Crippen LogP contribution >= 0.6 is 11.8 Å². The minimum Gasteiger partial charge on any atom is -0.451 e. The zero-order valence-corrected chi connectivity index (χ0v) is 22.0. The molecule has 0 unspecified atom stereocenters. The summed E-state index contributed by atoms with van der Waals surface area (Å²) in [5, 5.41) is 1.82. The second-order valence-corrected chi connectivity index (χ2v) is 10.2. The zero-order valence-electron chi connectivity index (χ0n) is 21.2. The van der Waals surface area contributed by atoms with Crippen molar-refractivity contribution in [3.8, 4) is 5.75 Å². The number of hydrogen-bond acceptors (Lipinski definition) is 9. The van der Waals surface area contributed by atoms with Gasteiger partial charge in [-0.25, -0.2) is 13.6 Å². The Morgan fingerprint density at radius 3 is 2.77 bits per heavy atom. The predicted octanol–water partition coefficient (Wildman–Crippen LogP) is 3.39. The maximum absolute atomic E-state index is 15.3. The van der Waals surface area contributed by atoms with E-state index in [4.69, 9.17) is 14.2 Å². The van der Waals surface area contributed by atoms with Crippen LogP contribution in [0, 0.1) is 11.6 Å². The Balaban J connectivity index is 1.58. The monoisotopic (exact) mass is 571 g/mol. The quantitative estimate of drug-likeness (QED) is 0.345. The van der Waals surface area contributed by atoms with Gasteiger partial charge in [-0.15, -0.1) is 11.8 Å². The first-order valence-electron chi connectivity index (χ1n) is 12.4. The van der Waals surface area contributed by atoms with Crippen LogP contribution in [-0.4, -0.2) is 61.5 Å². The van der Waals surface area contributed by atoms with Crippen molar-refractivity contribution in [3.05, 3.63) is 92.9 Å². The lowest BCUT2D eigenvalue weighted by Crippen LogP contribution is -2.66. The molecule has 1 fully saturated rings. The fraction of sp³-hybridized carbons (Fsp3) is 0.296. The van der Waals surface area contributed by atoms with Crippen LogP contribution in [0.1, 0.15) is 33.2 Å². The molecule has 3 aliphatic rings. The topological polar surface area (TPSA) is 99.5 Å². The van der Waals surface area contributed by atoms with Crippen LogP contribution in [0.2, 0.25) is 0 Å². The van der Waals surface area contributed by atoms with Crippen molar-refractivity contribution in [1.29, 1.82) is 0 Å². The van der Waals surface area contributed by atoms with E-state index in [0.717, 1.165) is 23.6 Å².